The van der Waals surface area contributed by atoms with Crippen LogP contribution in [0.1, 0.15) is 16.7 Å². The minimum Gasteiger partial charge on any atom is -0.508 e. The van der Waals surface area contributed by atoms with Gasteiger partial charge >= 0.3 is 0 Å². The van der Waals surface area contributed by atoms with Gasteiger partial charge in [-0.25, -0.2) is 0 Å². The number of aryl methyl sites for hydroxylation is 1. The van der Waals surface area contributed by atoms with Crippen LogP contribution in [-0.2, 0) is 11.3 Å². The number of hydrogen-bond acceptors (Lipinski definition) is 4. The van der Waals surface area contributed by atoms with E-state index in [-0.39, 0.29) is 23.6 Å². The average molecular weight is 369 g/mol. The Morgan fingerprint density at radius 3 is 2.54 bits per heavy atom. The number of allylic oxidation sites excluding steroid dienone is 2. The van der Waals surface area contributed by atoms with Crippen molar-refractivity contribution in [2.24, 2.45) is 0 Å². The first-order valence-corrected chi connectivity index (χ1v) is 8.11. The van der Waals surface area contributed by atoms with Crippen molar-refractivity contribution in [3.05, 3.63) is 75.8 Å². The van der Waals surface area contributed by atoms with Crippen LogP contribution in [0.4, 0.5) is 0 Å². The highest BCUT2D eigenvalue weighted by Gasteiger charge is 2.09. The Labute approximate surface area is 156 Å². The zero-order valence-corrected chi connectivity index (χ0v) is 14.8. The number of aromatic hydroxyl groups is 2. The van der Waals surface area contributed by atoms with Gasteiger partial charge in [0.1, 0.15) is 23.1 Å². The zero-order chi connectivity index (χ0) is 19.1. The molecule has 1 amide bonds. The van der Waals surface area contributed by atoms with Crippen molar-refractivity contribution in [1.29, 1.82) is 5.26 Å². The molecule has 0 saturated carbocycles. The van der Waals surface area contributed by atoms with Gasteiger partial charge in [0.15, 0.2) is 0 Å². The summed E-state index contributed by atoms with van der Waals surface area (Å²) in [6, 6.07) is 11.4. The van der Waals surface area contributed by atoms with Crippen molar-refractivity contribution < 1.29 is 15.0 Å². The molecular formula is C20H17ClN2O3. The highest BCUT2D eigenvalue weighted by molar-refractivity contribution is 6.31. The predicted molar refractivity (Wildman–Crippen MR) is 101 cm³/mol. The number of phenolic OH excluding ortho intramolecular Hbond substituents is 2. The molecule has 0 aromatic heterocycles. The summed E-state index contributed by atoms with van der Waals surface area (Å²) in [4.78, 5) is 12.1. The summed E-state index contributed by atoms with van der Waals surface area (Å²) in [5.74, 6) is -0.684. The molecule has 3 N–H and O–H groups in total. The summed E-state index contributed by atoms with van der Waals surface area (Å²) in [6.45, 7) is 2.13. The molecule has 0 radical (unpaired) electrons. The maximum Gasteiger partial charge on any atom is 0.262 e. The Kier molecular flexibility index (Phi) is 6.42. The van der Waals surface area contributed by atoms with Gasteiger partial charge in [-0.05, 0) is 47.9 Å². The monoisotopic (exact) mass is 368 g/mol. The third kappa shape index (κ3) is 5.40. The normalized spacial score (nSPS) is 11.3. The summed E-state index contributed by atoms with van der Waals surface area (Å²) >= 11 is 6.12. The van der Waals surface area contributed by atoms with E-state index in [1.807, 2.05) is 25.1 Å². The van der Waals surface area contributed by atoms with Crippen LogP contribution in [0.15, 0.2) is 54.1 Å². The minimum atomic E-state index is -0.521. The Balaban J connectivity index is 2.04. The summed E-state index contributed by atoms with van der Waals surface area (Å²) in [7, 11) is 0. The quantitative estimate of drug-likeness (QED) is 0.424. The van der Waals surface area contributed by atoms with Gasteiger partial charge in [-0.2, -0.15) is 5.26 Å². The third-order valence-electron chi connectivity index (χ3n) is 3.49. The van der Waals surface area contributed by atoms with E-state index < -0.39 is 5.91 Å². The number of phenols is 2. The molecule has 0 saturated heterocycles. The van der Waals surface area contributed by atoms with E-state index in [1.54, 1.807) is 12.1 Å². The predicted octanol–water partition coefficient (Wildman–Crippen LogP) is 3.84. The second kappa shape index (κ2) is 8.75. The van der Waals surface area contributed by atoms with Crippen molar-refractivity contribution in [3.63, 3.8) is 0 Å². The molecule has 0 unspecified atom stereocenters. The van der Waals surface area contributed by atoms with Crippen molar-refractivity contribution in [3.8, 4) is 17.6 Å². The van der Waals surface area contributed by atoms with E-state index in [0.29, 0.717) is 10.6 Å². The minimum absolute atomic E-state index is 0.0751. The van der Waals surface area contributed by atoms with Gasteiger partial charge in [0.25, 0.3) is 5.91 Å². The molecule has 132 valence electrons. The molecule has 5 nitrogen and oxygen atoms in total. The first-order chi connectivity index (χ1) is 12.4. The fourth-order valence-corrected chi connectivity index (χ4v) is 2.50. The zero-order valence-electron chi connectivity index (χ0n) is 14.0. The van der Waals surface area contributed by atoms with Crippen LogP contribution in [0.2, 0.25) is 5.02 Å². The molecule has 0 aliphatic rings. The number of nitrogens with zero attached hydrogens (tertiary/aromatic N) is 1. The average Bonchev–Trinajstić information content (AvgIpc) is 2.57. The fourth-order valence-electron chi connectivity index (χ4n) is 2.20. The van der Waals surface area contributed by atoms with Gasteiger partial charge in [-0.15, -0.1) is 0 Å². The summed E-state index contributed by atoms with van der Waals surface area (Å²) < 4.78 is 0. The van der Waals surface area contributed by atoms with Crippen molar-refractivity contribution in [1.82, 2.24) is 5.32 Å². The van der Waals surface area contributed by atoms with Crippen molar-refractivity contribution >= 4 is 23.6 Å². The Morgan fingerprint density at radius 2 is 1.92 bits per heavy atom. The van der Waals surface area contributed by atoms with Crippen LogP contribution in [0.3, 0.4) is 0 Å². The van der Waals surface area contributed by atoms with Gasteiger partial charge in [0, 0.05) is 17.6 Å². The molecule has 2 rings (SSSR count). The van der Waals surface area contributed by atoms with Gasteiger partial charge < -0.3 is 15.5 Å². The number of nitriles is 1. The van der Waals surface area contributed by atoms with E-state index in [9.17, 15) is 15.0 Å². The molecule has 0 fully saturated rings. The van der Waals surface area contributed by atoms with Crippen molar-refractivity contribution in [2.45, 2.75) is 13.5 Å². The number of amides is 1. The lowest BCUT2D eigenvalue weighted by Gasteiger charge is -2.07. The van der Waals surface area contributed by atoms with Crippen LogP contribution >= 0.6 is 11.6 Å². The van der Waals surface area contributed by atoms with E-state index in [2.05, 4.69) is 5.32 Å². The lowest BCUT2D eigenvalue weighted by molar-refractivity contribution is -0.117. The lowest BCUT2D eigenvalue weighted by atomic mass is 10.1. The molecule has 0 aliphatic carbocycles. The Morgan fingerprint density at radius 1 is 1.23 bits per heavy atom. The summed E-state index contributed by atoms with van der Waals surface area (Å²) in [5, 5.41) is 31.2. The number of nitrogens with one attached hydrogen (secondary N) is 1. The molecule has 6 heteroatoms. The second-order valence-corrected chi connectivity index (χ2v) is 6.02. The highest BCUT2D eigenvalue weighted by atomic mass is 35.5. The largest absolute Gasteiger partial charge is 0.508 e. The smallest absolute Gasteiger partial charge is 0.262 e. The summed E-state index contributed by atoms with van der Waals surface area (Å²) in [6.07, 6.45) is 4.40. The number of benzene rings is 2. The van der Waals surface area contributed by atoms with Gasteiger partial charge in [-0.1, -0.05) is 35.9 Å². The van der Waals surface area contributed by atoms with Crippen LogP contribution in [0, 0.1) is 18.3 Å². The number of hydrogen-bond donors (Lipinski definition) is 3. The van der Waals surface area contributed by atoms with Crippen LogP contribution in [0.5, 0.6) is 11.5 Å². The number of halogens is 1. The molecule has 2 aromatic carbocycles. The molecule has 0 bridgehead atoms. The molecule has 0 atom stereocenters. The van der Waals surface area contributed by atoms with E-state index in [4.69, 9.17) is 16.9 Å². The fraction of sp³-hybridized carbons (Fsp3) is 0.100. The molecule has 0 heterocycles. The maximum atomic E-state index is 12.1. The van der Waals surface area contributed by atoms with Crippen LogP contribution in [-0.4, -0.2) is 16.1 Å². The standard InChI is InChI=1S/C20H17ClN2O3/c1-13-5-6-16(19(21)7-13)12-23-20(26)15(11-22)4-2-3-14-8-17(24)10-18(25)9-14/h2-10,24-25H,12H2,1H3,(H,23,26)/b3-2+,15-4+. The number of carbonyl (C=O) groups is 1. The van der Waals surface area contributed by atoms with E-state index in [0.717, 1.165) is 11.1 Å². The van der Waals surface area contributed by atoms with Gasteiger partial charge in [0.2, 0.25) is 0 Å². The molecular weight excluding hydrogens is 352 g/mol. The first kappa shape index (κ1) is 19.1. The topological polar surface area (TPSA) is 93.4 Å². The molecule has 0 spiro atoms. The van der Waals surface area contributed by atoms with Crippen LogP contribution in [0.25, 0.3) is 6.08 Å². The molecule has 2 aromatic rings. The maximum absolute atomic E-state index is 12.1. The highest BCUT2D eigenvalue weighted by Crippen LogP contribution is 2.21. The lowest BCUT2D eigenvalue weighted by Crippen LogP contribution is -2.24. The van der Waals surface area contributed by atoms with E-state index >= 15 is 0 Å². The molecule has 0 aliphatic heterocycles. The third-order valence-corrected chi connectivity index (χ3v) is 3.84. The Bertz CT molecular complexity index is 907. The molecule has 26 heavy (non-hydrogen) atoms. The number of carbonyl (C=O) groups excluding carboxylic acids is 1. The van der Waals surface area contributed by atoms with Gasteiger partial charge in [0.05, 0.1) is 0 Å². The van der Waals surface area contributed by atoms with Gasteiger partial charge in [-0.3, -0.25) is 4.79 Å². The first-order valence-electron chi connectivity index (χ1n) is 7.74. The SMILES string of the molecule is Cc1ccc(CNC(=O)/C(C#N)=C/C=C/c2cc(O)cc(O)c2)c(Cl)c1. The van der Waals surface area contributed by atoms with E-state index in [1.165, 1.54) is 30.4 Å². The number of rotatable bonds is 5. The Hall–Kier alpha value is -3.23. The van der Waals surface area contributed by atoms with Crippen LogP contribution < -0.4 is 5.32 Å². The van der Waals surface area contributed by atoms with Crippen molar-refractivity contribution in [2.75, 3.05) is 0 Å². The summed E-state index contributed by atoms with van der Waals surface area (Å²) in [5.41, 5.74) is 2.23. The second-order valence-electron chi connectivity index (χ2n) is 5.61.